The maximum absolute atomic E-state index is 11.8. The Bertz CT molecular complexity index is 369. The van der Waals surface area contributed by atoms with E-state index in [1.54, 1.807) is 18.3 Å². The van der Waals surface area contributed by atoms with Gasteiger partial charge in [0.1, 0.15) is 12.4 Å². The van der Waals surface area contributed by atoms with Gasteiger partial charge < -0.3 is 9.47 Å². The Hall–Kier alpha value is -1.42. The number of ketones is 1. The molecule has 1 aromatic heterocycles. The second-order valence-electron chi connectivity index (χ2n) is 4.38. The minimum absolute atomic E-state index is 0.0108. The number of hydrogen-bond donors (Lipinski definition) is 0. The standard InChI is InChI=1S/C12H17NO3/c1-12(2,3)16-8-9(14)11-10(15-4)6-5-7-13-11/h5-7H,8H2,1-4H3. The quantitative estimate of drug-likeness (QED) is 0.733. The van der Waals surface area contributed by atoms with Crippen molar-refractivity contribution in [2.24, 2.45) is 0 Å². The Morgan fingerprint density at radius 2 is 2.12 bits per heavy atom. The van der Waals surface area contributed by atoms with E-state index in [-0.39, 0.29) is 18.0 Å². The lowest BCUT2D eigenvalue weighted by Gasteiger charge is -2.18. The van der Waals surface area contributed by atoms with Crippen molar-refractivity contribution in [1.29, 1.82) is 0 Å². The van der Waals surface area contributed by atoms with Crippen molar-refractivity contribution in [3.8, 4) is 5.75 Å². The molecule has 0 N–H and O–H groups in total. The number of hydrogen-bond acceptors (Lipinski definition) is 4. The molecule has 0 radical (unpaired) electrons. The predicted molar refractivity (Wildman–Crippen MR) is 60.8 cm³/mol. The van der Waals surface area contributed by atoms with Gasteiger partial charge in [-0.1, -0.05) is 0 Å². The topological polar surface area (TPSA) is 48.4 Å². The fourth-order valence-corrected chi connectivity index (χ4v) is 1.12. The summed E-state index contributed by atoms with van der Waals surface area (Å²) in [7, 11) is 1.51. The smallest absolute Gasteiger partial charge is 0.210 e. The first kappa shape index (κ1) is 12.6. The summed E-state index contributed by atoms with van der Waals surface area (Å²) in [5.74, 6) is 0.303. The molecule has 0 unspecified atom stereocenters. The third kappa shape index (κ3) is 3.62. The molecule has 0 bridgehead atoms. The number of Topliss-reactive ketones (excluding diaryl/α,β-unsaturated/α-hetero) is 1. The zero-order valence-electron chi connectivity index (χ0n) is 10.1. The van der Waals surface area contributed by atoms with Crippen molar-refractivity contribution in [2.45, 2.75) is 26.4 Å². The molecule has 1 aromatic rings. The number of rotatable bonds is 4. The van der Waals surface area contributed by atoms with Gasteiger partial charge in [-0.25, -0.2) is 4.98 Å². The van der Waals surface area contributed by atoms with E-state index >= 15 is 0 Å². The summed E-state index contributed by atoms with van der Waals surface area (Å²) < 4.78 is 10.5. The number of carbonyl (C=O) groups excluding carboxylic acids is 1. The summed E-state index contributed by atoms with van der Waals surface area (Å²) in [5.41, 5.74) is -0.0215. The molecule has 0 amide bonds. The summed E-state index contributed by atoms with van der Waals surface area (Å²) in [6.45, 7) is 5.71. The van der Waals surface area contributed by atoms with Crippen LogP contribution in [-0.2, 0) is 4.74 Å². The van der Waals surface area contributed by atoms with Crippen molar-refractivity contribution in [2.75, 3.05) is 13.7 Å². The molecule has 0 aromatic carbocycles. The molecular weight excluding hydrogens is 206 g/mol. The largest absolute Gasteiger partial charge is 0.494 e. The van der Waals surface area contributed by atoms with Crippen LogP contribution in [0.25, 0.3) is 0 Å². The van der Waals surface area contributed by atoms with Gasteiger partial charge >= 0.3 is 0 Å². The van der Waals surface area contributed by atoms with Crippen LogP contribution < -0.4 is 4.74 Å². The first-order valence-corrected chi connectivity index (χ1v) is 5.10. The number of aromatic nitrogens is 1. The van der Waals surface area contributed by atoms with E-state index in [1.807, 2.05) is 20.8 Å². The van der Waals surface area contributed by atoms with E-state index in [0.717, 1.165) is 0 Å². The summed E-state index contributed by atoms with van der Waals surface area (Å²) in [4.78, 5) is 15.8. The zero-order valence-corrected chi connectivity index (χ0v) is 10.1. The van der Waals surface area contributed by atoms with E-state index in [1.165, 1.54) is 7.11 Å². The van der Waals surface area contributed by atoms with Gasteiger partial charge in [0, 0.05) is 6.20 Å². The summed E-state index contributed by atoms with van der Waals surface area (Å²) in [5, 5.41) is 0. The molecule has 0 atom stereocenters. The van der Waals surface area contributed by atoms with Crippen LogP contribution in [0.1, 0.15) is 31.3 Å². The SMILES string of the molecule is COc1cccnc1C(=O)COC(C)(C)C. The van der Waals surface area contributed by atoms with Gasteiger partial charge in [0.15, 0.2) is 5.69 Å². The van der Waals surface area contributed by atoms with Crippen molar-refractivity contribution < 1.29 is 14.3 Å². The lowest BCUT2D eigenvalue weighted by Crippen LogP contribution is -2.24. The normalized spacial score (nSPS) is 11.2. The van der Waals surface area contributed by atoms with Crippen LogP contribution in [0.15, 0.2) is 18.3 Å². The Morgan fingerprint density at radius 1 is 1.44 bits per heavy atom. The highest BCUT2D eigenvalue weighted by molar-refractivity contribution is 5.97. The molecular formula is C12H17NO3. The van der Waals surface area contributed by atoms with Gasteiger partial charge in [0.2, 0.25) is 5.78 Å². The first-order chi connectivity index (χ1) is 7.44. The molecule has 0 aliphatic rings. The van der Waals surface area contributed by atoms with Crippen LogP contribution in [0.4, 0.5) is 0 Å². The molecule has 0 fully saturated rings. The maximum atomic E-state index is 11.8. The Kier molecular flexibility index (Phi) is 4.01. The van der Waals surface area contributed by atoms with Crippen LogP contribution in [0.2, 0.25) is 0 Å². The van der Waals surface area contributed by atoms with Crippen LogP contribution >= 0.6 is 0 Å². The zero-order chi connectivity index (χ0) is 12.2. The highest BCUT2D eigenvalue weighted by atomic mass is 16.5. The second kappa shape index (κ2) is 5.07. The monoisotopic (exact) mass is 223 g/mol. The number of nitrogens with zero attached hydrogens (tertiary/aromatic N) is 1. The highest BCUT2D eigenvalue weighted by Gasteiger charge is 2.17. The van der Waals surface area contributed by atoms with Crippen molar-refractivity contribution >= 4 is 5.78 Å². The third-order valence-corrected chi connectivity index (χ3v) is 1.89. The van der Waals surface area contributed by atoms with E-state index in [2.05, 4.69) is 4.98 Å². The molecule has 0 aliphatic carbocycles. The molecule has 88 valence electrons. The average Bonchev–Trinajstić information content (AvgIpc) is 2.25. The third-order valence-electron chi connectivity index (χ3n) is 1.89. The molecule has 1 rings (SSSR count). The summed E-state index contributed by atoms with van der Waals surface area (Å²) >= 11 is 0. The maximum Gasteiger partial charge on any atom is 0.210 e. The summed E-state index contributed by atoms with van der Waals surface area (Å²) in [6.07, 6.45) is 1.56. The van der Waals surface area contributed by atoms with Gasteiger partial charge in [-0.05, 0) is 32.9 Å². The molecule has 4 heteroatoms. The van der Waals surface area contributed by atoms with Gasteiger partial charge in [-0.2, -0.15) is 0 Å². The molecule has 0 saturated carbocycles. The Labute approximate surface area is 95.6 Å². The van der Waals surface area contributed by atoms with Crippen molar-refractivity contribution in [1.82, 2.24) is 4.98 Å². The number of carbonyl (C=O) groups is 1. The van der Waals surface area contributed by atoms with Crippen molar-refractivity contribution in [3.63, 3.8) is 0 Å². The predicted octanol–water partition coefficient (Wildman–Crippen LogP) is 2.09. The molecule has 1 heterocycles. The fraction of sp³-hybridized carbons (Fsp3) is 0.500. The Morgan fingerprint density at radius 3 is 2.69 bits per heavy atom. The van der Waals surface area contributed by atoms with Crippen LogP contribution in [-0.4, -0.2) is 30.1 Å². The average molecular weight is 223 g/mol. The van der Waals surface area contributed by atoms with Gasteiger partial charge in [-0.3, -0.25) is 4.79 Å². The minimum Gasteiger partial charge on any atom is -0.494 e. The number of pyridine rings is 1. The molecule has 0 aliphatic heterocycles. The lowest BCUT2D eigenvalue weighted by atomic mass is 10.2. The van der Waals surface area contributed by atoms with Crippen LogP contribution in [0.5, 0.6) is 5.75 Å². The highest BCUT2D eigenvalue weighted by Crippen LogP contribution is 2.16. The molecule has 4 nitrogen and oxygen atoms in total. The first-order valence-electron chi connectivity index (χ1n) is 5.10. The van der Waals surface area contributed by atoms with E-state index in [4.69, 9.17) is 9.47 Å². The molecule has 0 saturated heterocycles. The van der Waals surface area contributed by atoms with Crippen molar-refractivity contribution in [3.05, 3.63) is 24.0 Å². The summed E-state index contributed by atoms with van der Waals surface area (Å²) in [6, 6.07) is 3.43. The van der Waals surface area contributed by atoms with Gasteiger partial charge in [-0.15, -0.1) is 0 Å². The van der Waals surface area contributed by atoms with Crippen LogP contribution in [0, 0.1) is 0 Å². The molecule has 16 heavy (non-hydrogen) atoms. The van der Waals surface area contributed by atoms with Gasteiger partial charge in [0.05, 0.1) is 12.7 Å². The Balaban J connectivity index is 2.73. The number of ether oxygens (including phenoxy) is 2. The van der Waals surface area contributed by atoms with E-state index in [9.17, 15) is 4.79 Å². The van der Waals surface area contributed by atoms with Crippen LogP contribution in [0.3, 0.4) is 0 Å². The van der Waals surface area contributed by atoms with E-state index in [0.29, 0.717) is 11.4 Å². The van der Waals surface area contributed by atoms with E-state index < -0.39 is 0 Å². The minimum atomic E-state index is -0.336. The van der Waals surface area contributed by atoms with Gasteiger partial charge in [0.25, 0.3) is 0 Å². The number of methoxy groups -OCH3 is 1. The molecule has 0 spiro atoms. The second-order valence-corrected chi connectivity index (χ2v) is 4.38. The lowest BCUT2D eigenvalue weighted by molar-refractivity contribution is 0.00275. The fourth-order valence-electron chi connectivity index (χ4n) is 1.12.